The number of hydrogen-bond acceptors (Lipinski definition) is 7. The van der Waals surface area contributed by atoms with E-state index in [4.69, 9.17) is 29.2 Å². The van der Waals surface area contributed by atoms with Crippen LogP contribution in [-0.4, -0.2) is 54.6 Å². The van der Waals surface area contributed by atoms with Gasteiger partial charge < -0.3 is 23.7 Å². The summed E-state index contributed by atoms with van der Waals surface area (Å²) in [6, 6.07) is -0.653. The van der Waals surface area contributed by atoms with E-state index in [1.54, 1.807) is 0 Å². The maximum Gasteiger partial charge on any atom is 0.306 e. The van der Waals surface area contributed by atoms with Gasteiger partial charge >= 0.3 is 5.97 Å². The molecule has 9 nitrogen and oxygen atoms in total. The van der Waals surface area contributed by atoms with Crippen molar-refractivity contribution in [2.45, 2.75) is 101 Å². The van der Waals surface area contributed by atoms with Crippen LogP contribution in [0.4, 0.5) is 0 Å². The number of cyclic esters (lactones) is 1. The van der Waals surface area contributed by atoms with E-state index in [-0.39, 0.29) is 12.1 Å². The molecule has 3 saturated heterocycles. The molecule has 0 unspecified atom stereocenters. The molecule has 0 aromatic carbocycles. The molecule has 0 aromatic heterocycles. The molecule has 0 aromatic rings. The molecular formula is C18H27N3O6. The number of carbonyl (C=O) groups excluding carboxylic acids is 1. The molecule has 1 saturated carbocycles. The van der Waals surface area contributed by atoms with Crippen molar-refractivity contribution in [3.05, 3.63) is 10.4 Å². The van der Waals surface area contributed by atoms with E-state index in [2.05, 4.69) is 10.0 Å². The molecule has 3 aliphatic heterocycles. The van der Waals surface area contributed by atoms with Crippen LogP contribution in [0.3, 0.4) is 0 Å². The van der Waals surface area contributed by atoms with E-state index < -0.39 is 35.9 Å². The van der Waals surface area contributed by atoms with Crippen molar-refractivity contribution in [2.24, 2.45) is 5.11 Å². The molecule has 0 amide bonds. The Balaban J connectivity index is 1.61. The summed E-state index contributed by atoms with van der Waals surface area (Å²) < 4.78 is 30.0. The fraction of sp³-hybridized carbons (Fsp3) is 0.944. The minimum Gasteiger partial charge on any atom is -0.462 e. The summed E-state index contributed by atoms with van der Waals surface area (Å²) in [5.74, 6) is -1.66. The van der Waals surface area contributed by atoms with E-state index in [1.165, 1.54) is 0 Å². The second kappa shape index (κ2) is 7.22. The normalized spacial score (nSPS) is 38.5. The van der Waals surface area contributed by atoms with Crippen LogP contribution in [0.5, 0.6) is 0 Å². The lowest BCUT2D eigenvalue weighted by atomic mass is 9.94. The molecule has 1 aliphatic carbocycles. The number of esters is 1. The minimum atomic E-state index is -0.700. The van der Waals surface area contributed by atoms with Gasteiger partial charge in [0.2, 0.25) is 0 Å². The van der Waals surface area contributed by atoms with Crippen molar-refractivity contribution < 1.29 is 28.5 Å². The highest BCUT2D eigenvalue weighted by Crippen LogP contribution is 2.45. The van der Waals surface area contributed by atoms with Crippen LogP contribution in [0.25, 0.3) is 10.4 Å². The zero-order chi connectivity index (χ0) is 19.1. The Morgan fingerprint density at radius 2 is 1.96 bits per heavy atom. The molecule has 0 radical (unpaired) electrons. The second-order valence-corrected chi connectivity index (χ2v) is 8.27. The molecule has 4 aliphatic rings. The van der Waals surface area contributed by atoms with E-state index in [0.29, 0.717) is 19.4 Å². The molecule has 0 bridgehead atoms. The second-order valence-electron chi connectivity index (χ2n) is 8.27. The predicted octanol–water partition coefficient (Wildman–Crippen LogP) is 2.97. The molecule has 150 valence electrons. The van der Waals surface area contributed by atoms with Gasteiger partial charge in [-0.15, -0.1) is 0 Å². The van der Waals surface area contributed by atoms with Gasteiger partial charge in [0.05, 0.1) is 6.61 Å². The van der Waals surface area contributed by atoms with Crippen molar-refractivity contribution in [2.75, 3.05) is 6.61 Å². The first-order valence-electron chi connectivity index (χ1n) is 9.82. The van der Waals surface area contributed by atoms with Crippen molar-refractivity contribution >= 4 is 5.97 Å². The smallest absolute Gasteiger partial charge is 0.306 e. The summed E-state index contributed by atoms with van der Waals surface area (Å²) in [5.41, 5.74) is 9.13. The molecule has 1 spiro atoms. The summed E-state index contributed by atoms with van der Waals surface area (Å²) in [7, 11) is 0. The topological polar surface area (TPSA) is 112 Å². The van der Waals surface area contributed by atoms with Crippen LogP contribution in [0.15, 0.2) is 5.11 Å². The van der Waals surface area contributed by atoms with Crippen LogP contribution in [0.2, 0.25) is 0 Å². The van der Waals surface area contributed by atoms with Crippen LogP contribution in [-0.2, 0) is 28.5 Å². The SMILES string of the molecule is CC1(C)OC[C@H]([C@H]2OC3(CCCCC3)O[C@H]2[C@@H](N=[N+]=[N-])[C@H]2CCC(=O)O2)O1. The highest BCUT2D eigenvalue weighted by atomic mass is 16.8. The number of hydrogen-bond donors (Lipinski definition) is 0. The van der Waals surface area contributed by atoms with Gasteiger partial charge in [-0.2, -0.15) is 0 Å². The Morgan fingerprint density at radius 3 is 2.56 bits per heavy atom. The highest BCUT2D eigenvalue weighted by Gasteiger charge is 2.57. The predicted molar refractivity (Wildman–Crippen MR) is 92.5 cm³/mol. The average molecular weight is 381 g/mol. The Bertz CT molecular complexity index is 629. The van der Waals surface area contributed by atoms with Gasteiger partial charge in [0.15, 0.2) is 11.6 Å². The molecule has 4 rings (SSSR count). The summed E-state index contributed by atoms with van der Waals surface area (Å²) in [4.78, 5) is 14.6. The summed E-state index contributed by atoms with van der Waals surface area (Å²) >= 11 is 0. The average Bonchev–Trinajstić information content (AvgIpc) is 3.31. The third kappa shape index (κ3) is 3.79. The Kier molecular flexibility index (Phi) is 5.07. The molecule has 27 heavy (non-hydrogen) atoms. The largest absolute Gasteiger partial charge is 0.462 e. The lowest BCUT2D eigenvalue weighted by Crippen LogP contribution is -2.47. The summed E-state index contributed by atoms with van der Waals surface area (Å²) in [6.45, 7) is 4.09. The molecule has 3 heterocycles. The highest BCUT2D eigenvalue weighted by molar-refractivity contribution is 5.71. The van der Waals surface area contributed by atoms with Crippen LogP contribution < -0.4 is 0 Å². The van der Waals surface area contributed by atoms with E-state index >= 15 is 0 Å². The van der Waals surface area contributed by atoms with Gasteiger partial charge in [-0.1, -0.05) is 11.5 Å². The lowest BCUT2D eigenvalue weighted by molar-refractivity contribution is -0.207. The quantitative estimate of drug-likeness (QED) is 0.320. The van der Waals surface area contributed by atoms with Crippen LogP contribution in [0.1, 0.15) is 58.8 Å². The van der Waals surface area contributed by atoms with E-state index in [9.17, 15) is 4.79 Å². The maximum atomic E-state index is 11.6. The van der Waals surface area contributed by atoms with Crippen molar-refractivity contribution in [1.29, 1.82) is 0 Å². The third-order valence-electron chi connectivity index (χ3n) is 5.86. The first kappa shape index (κ1) is 19.0. The molecule has 5 atom stereocenters. The molecule has 9 heteroatoms. The zero-order valence-electron chi connectivity index (χ0n) is 15.8. The summed E-state index contributed by atoms with van der Waals surface area (Å²) in [6.07, 6.45) is 3.80. The number of rotatable bonds is 4. The standard InChI is InChI=1S/C18H27N3O6/c1-17(2)23-10-12(25-17)15-16(27-18(26-15)8-4-3-5-9-18)14(20-21-19)11-6-7-13(22)24-11/h11-12,14-16H,3-10H2,1-2H3/t11-,12-,14+,15-,16+/m1/s1. The Labute approximate surface area is 158 Å². The van der Waals surface area contributed by atoms with Gasteiger partial charge in [0.25, 0.3) is 0 Å². The molecule has 0 N–H and O–H groups in total. The van der Waals surface area contributed by atoms with Crippen molar-refractivity contribution in [1.82, 2.24) is 0 Å². The lowest BCUT2D eigenvalue weighted by Gasteiger charge is -2.32. The number of carbonyl (C=O) groups is 1. The van der Waals surface area contributed by atoms with Crippen molar-refractivity contribution in [3.8, 4) is 0 Å². The van der Waals surface area contributed by atoms with E-state index in [1.807, 2.05) is 13.8 Å². The number of ether oxygens (including phenoxy) is 5. The Morgan fingerprint density at radius 1 is 1.19 bits per heavy atom. The van der Waals surface area contributed by atoms with Crippen molar-refractivity contribution in [3.63, 3.8) is 0 Å². The monoisotopic (exact) mass is 381 g/mol. The third-order valence-corrected chi connectivity index (χ3v) is 5.86. The van der Waals surface area contributed by atoms with Crippen LogP contribution in [0, 0.1) is 0 Å². The molecule has 4 fully saturated rings. The fourth-order valence-electron chi connectivity index (χ4n) is 4.61. The summed E-state index contributed by atoms with van der Waals surface area (Å²) in [5, 5.41) is 3.96. The first-order chi connectivity index (χ1) is 12.9. The molecular weight excluding hydrogens is 354 g/mol. The number of azide groups is 1. The van der Waals surface area contributed by atoms with Gasteiger partial charge in [0.1, 0.15) is 30.5 Å². The number of nitrogens with zero attached hydrogens (tertiary/aromatic N) is 3. The van der Waals surface area contributed by atoms with Crippen LogP contribution >= 0.6 is 0 Å². The maximum absolute atomic E-state index is 11.6. The Hall–Kier alpha value is -1.38. The van der Waals surface area contributed by atoms with Gasteiger partial charge in [-0.05, 0) is 38.6 Å². The van der Waals surface area contributed by atoms with Gasteiger partial charge in [0, 0.05) is 24.2 Å². The minimum absolute atomic E-state index is 0.275. The fourth-order valence-corrected chi connectivity index (χ4v) is 4.61. The zero-order valence-corrected chi connectivity index (χ0v) is 15.8. The van der Waals surface area contributed by atoms with Gasteiger partial charge in [-0.3, -0.25) is 4.79 Å². The van der Waals surface area contributed by atoms with E-state index in [0.717, 1.165) is 32.1 Å². The van der Waals surface area contributed by atoms with Gasteiger partial charge in [-0.25, -0.2) is 0 Å². The first-order valence-corrected chi connectivity index (χ1v) is 9.82.